The van der Waals surface area contributed by atoms with E-state index in [0.29, 0.717) is 19.7 Å². The van der Waals surface area contributed by atoms with Crippen LogP contribution in [0, 0.1) is 0 Å². The highest BCUT2D eigenvalue weighted by Crippen LogP contribution is 2.30. The van der Waals surface area contributed by atoms with Gasteiger partial charge in [-0.15, -0.1) is 0 Å². The molecule has 6 nitrogen and oxygen atoms in total. The van der Waals surface area contributed by atoms with E-state index in [9.17, 15) is 4.79 Å². The van der Waals surface area contributed by atoms with Crippen LogP contribution in [0.4, 0.5) is 0 Å². The predicted octanol–water partition coefficient (Wildman–Crippen LogP) is 2.62. The smallest absolute Gasteiger partial charge is 0.251 e. The van der Waals surface area contributed by atoms with Gasteiger partial charge in [0.1, 0.15) is 11.7 Å². The van der Waals surface area contributed by atoms with Gasteiger partial charge in [-0.05, 0) is 26.2 Å². The van der Waals surface area contributed by atoms with Gasteiger partial charge in [0.2, 0.25) is 0 Å². The van der Waals surface area contributed by atoms with E-state index < -0.39 is 5.60 Å². The molecule has 6 heteroatoms. The second kappa shape index (κ2) is 7.87. The Bertz CT molecular complexity index is 582. The number of carbonyl (C=O) groups is 1. The van der Waals surface area contributed by atoms with E-state index in [2.05, 4.69) is 5.10 Å². The van der Waals surface area contributed by atoms with Crippen molar-refractivity contribution in [1.29, 1.82) is 0 Å². The summed E-state index contributed by atoms with van der Waals surface area (Å²) < 4.78 is 14.0. The normalized spacial score (nSPS) is 26.6. The van der Waals surface area contributed by atoms with Crippen molar-refractivity contribution in [1.82, 2.24) is 14.7 Å². The first-order valence-electron chi connectivity index (χ1n) is 9.59. The van der Waals surface area contributed by atoms with Crippen LogP contribution in [-0.4, -0.2) is 52.5 Å². The SMILES string of the molecule is CCC(OC1CCCCC1)C(=O)N1CCOC(C)(c2cnn(C)c2)C1. The number of hydrogen-bond acceptors (Lipinski definition) is 4. The first-order valence-corrected chi connectivity index (χ1v) is 9.59. The highest BCUT2D eigenvalue weighted by Gasteiger charge is 2.38. The Morgan fingerprint density at radius 3 is 2.84 bits per heavy atom. The molecular formula is C19H31N3O3. The molecule has 2 aliphatic rings. The molecule has 2 atom stereocenters. The van der Waals surface area contributed by atoms with Gasteiger partial charge >= 0.3 is 0 Å². The zero-order chi connectivity index (χ0) is 17.9. The van der Waals surface area contributed by atoms with Crippen LogP contribution in [0.25, 0.3) is 0 Å². The first-order chi connectivity index (χ1) is 12.0. The fourth-order valence-electron chi connectivity index (χ4n) is 3.89. The Balaban J connectivity index is 1.65. The Kier molecular flexibility index (Phi) is 5.79. The van der Waals surface area contributed by atoms with Crippen molar-refractivity contribution in [2.45, 2.75) is 70.2 Å². The molecule has 0 N–H and O–H groups in total. The van der Waals surface area contributed by atoms with E-state index in [1.807, 2.05) is 38.2 Å². The van der Waals surface area contributed by atoms with Crippen LogP contribution < -0.4 is 0 Å². The van der Waals surface area contributed by atoms with Gasteiger partial charge in [0, 0.05) is 25.4 Å². The number of rotatable bonds is 5. The lowest BCUT2D eigenvalue weighted by Gasteiger charge is -2.41. The van der Waals surface area contributed by atoms with E-state index >= 15 is 0 Å². The Hall–Kier alpha value is -1.40. The molecule has 140 valence electrons. The van der Waals surface area contributed by atoms with Crippen LogP contribution >= 0.6 is 0 Å². The summed E-state index contributed by atoms with van der Waals surface area (Å²) in [5.41, 5.74) is 0.499. The zero-order valence-corrected chi connectivity index (χ0v) is 15.7. The minimum Gasteiger partial charge on any atom is -0.367 e. The lowest BCUT2D eigenvalue weighted by molar-refractivity contribution is -0.165. The second-order valence-electron chi connectivity index (χ2n) is 7.53. The summed E-state index contributed by atoms with van der Waals surface area (Å²) in [5.74, 6) is 0.103. The van der Waals surface area contributed by atoms with E-state index in [0.717, 1.165) is 24.8 Å². The van der Waals surface area contributed by atoms with Gasteiger partial charge in [-0.3, -0.25) is 9.48 Å². The quantitative estimate of drug-likeness (QED) is 0.820. The summed E-state index contributed by atoms with van der Waals surface area (Å²) >= 11 is 0. The van der Waals surface area contributed by atoms with Crippen molar-refractivity contribution in [2.24, 2.45) is 7.05 Å². The third-order valence-corrected chi connectivity index (χ3v) is 5.46. The topological polar surface area (TPSA) is 56.6 Å². The van der Waals surface area contributed by atoms with Gasteiger partial charge in [0.15, 0.2) is 0 Å². The molecule has 1 saturated heterocycles. The third-order valence-electron chi connectivity index (χ3n) is 5.46. The molecule has 1 amide bonds. The number of ether oxygens (including phenoxy) is 2. The van der Waals surface area contributed by atoms with E-state index in [1.165, 1.54) is 19.3 Å². The first kappa shape index (κ1) is 18.4. The summed E-state index contributed by atoms with van der Waals surface area (Å²) in [6.45, 7) is 5.77. The van der Waals surface area contributed by atoms with Crippen LogP contribution in [0.1, 0.15) is 57.9 Å². The summed E-state index contributed by atoms with van der Waals surface area (Å²) in [4.78, 5) is 15.0. The maximum Gasteiger partial charge on any atom is 0.251 e. The molecule has 0 spiro atoms. The third kappa shape index (κ3) is 4.23. The molecule has 1 saturated carbocycles. The van der Waals surface area contributed by atoms with Crippen LogP contribution in [0.3, 0.4) is 0 Å². The molecule has 0 bridgehead atoms. The molecule has 1 aromatic rings. The molecule has 3 rings (SSSR count). The van der Waals surface area contributed by atoms with Crippen molar-refractivity contribution >= 4 is 5.91 Å². The fraction of sp³-hybridized carbons (Fsp3) is 0.789. The summed E-state index contributed by atoms with van der Waals surface area (Å²) in [5, 5.41) is 4.24. The Morgan fingerprint density at radius 2 is 2.20 bits per heavy atom. The minimum absolute atomic E-state index is 0.103. The lowest BCUT2D eigenvalue weighted by Crippen LogP contribution is -2.53. The second-order valence-corrected chi connectivity index (χ2v) is 7.53. The maximum atomic E-state index is 13.1. The predicted molar refractivity (Wildman–Crippen MR) is 95.1 cm³/mol. The number of amides is 1. The van der Waals surface area contributed by atoms with E-state index in [-0.39, 0.29) is 18.1 Å². The fourth-order valence-corrected chi connectivity index (χ4v) is 3.89. The van der Waals surface area contributed by atoms with Crippen molar-refractivity contribution < 1.29 is 14.3 Å². The van der Waals surface area contributed by atoms with Gasteiger partial charge in [-0.25, -0.2) is 0 Å². The molecule has 0 aromatic carbocycles. The highest BCUT2D eigenvalue weighted by atomic mass is 16.5. The average molecular weight is 349 g/mol. The van der Waals surface area contributed by atoms with Gasteiger partial charge in [0.05, 0.1) is 25.5 Å². The minimum atomic E-state index is -0.509. The van der Waals surface area contributed by atoms with E-state index in [4.69, 9.17) is 9.47 Å². The van der Waals surface area contributed by atoms with Gasteiger partial charge in [-0.2, -0.15) is 5.10 Å². The average Bonchev–Trinajstić information content (AvgIpc) is 3.07. The molecule has 2 heterocycles. The van der Waals surface area contributed by atoms with Crippen molar-refractivity contribution in [3.63, 3.8) is 0 Å². The number of hydrogen-bond donors (Lipinski definition) is 0. The molecule has 1 aliphatic carbocycles. The van der Waals surface area contributed by atoms with Crippen LogP contribution in [0.2, 0.25) is 0 Å². The number of morpholine rings is 1. The molecule has 1 aromatic heterocycles. The van der Waals surface area contributed by atoms with Crippen LogP contribution in [-0.2, 0) is 26.9 Å². The van der Waals surface area contributed by atoms with Gasteiger partial charge < -0.3 is 14.4 Å². The molecule has 2 unspecified atom stereocenters. The molecule has 2 fully saturated rings. The Labute approximate surface area is 150 Å². The number of carbonyl (C=O) groups excluding carboxylic acids is 1. The van der Waals surface area contributed by atoms with Gasteiger partial charge in [0.25, 0.3) is 5.91 Å². The van der Waals surface area contributed by atoms with Crippen molar-refractivity contribution in [2.75, 3.05) is 19.7 Å². The number of aryl methyl sites for hydroxylation is 1. The van der Waals surface area contributed by atoms with Crippen LogP contribution in [0.15, 0.2) is 12.4 Å². The molecule has 1 aliphatic heterocycles. The molecule has 25 heavy (non-hydrogen) atoms. The zero-order valence-electron chi connectivity index (χ0n) is 15.7. The molecule has 0 radical (unpaired) electrons. The number of aromatic nitrogens is 2. The van der Waals surface area contributed by atoms with Crippen molar-refractivity contribution in [3.05, 3.63) is 18.0 Å². The summed E-state index contributed by atoms with van der Waals surface area (Å²) in [7, 11) is 1.89. The standard InChI is InChI=1S/C19H31N3O3/c1-4-17(25-16-8-6-5-7-9-16)18(23)22-10-11-24-19(2,14-22)15-12-20-21(3)13-15/h12-13,16-17H,4-11,14H2,1-3H3. The van der Waals surface area contributed by atoms with Gasteiger partial charge in [-0.1, -0.05) is 26.2 Å². The van der Waals surface area contributed by atoms with Crippen LogP contribution in [0.5, 0.6) is 0 Å². The highest BCUT2D eigenvalue weighted by molar-refractivity contribution is 5.81. The monoisotopic (exact) mass is 349 g/mol. The Morgan fingerprint density at radius 1 is 1.44 bits per heavy atom. The lowest BCUT2D eigenvalue weighted by atomic mass is 9.96. The summed E-state index contributed by atoms with van der Waals surface area (Å²) in [6, 6.07) is 0. The summed E-state index contributed by atoms with van der Waals surface area (Å²) in [6.07, 6.45) is 10.3. The largest absolute Gasteiger partial charge is 0.367 e. The maximum absolute atomic E-state index is 13.1. The number of nitrogens with zero attached hydrogens (tertiary/aromatic N) is 3. The van der Waals surface area contributed by atoms with E-state index in [1.54, 1.807) is 4.68 Å². The van der Waals surface area contributed by atoms with Crippen molar-refractivity contribution in [3.8, 4) is 0 Å². The molecular weight excluding hydrogens is 318 g/mol.